The molecule has 1 aliphatic heterocycles. The molecule has 6 N–H and O–H groups in total. The molecule has 2 aromatic carbocycles. The third-order valence-corrected chi connectivity index (χ3v) is 4.81. The number of anilines is 2. The number of hydrazone groups is 1. The van der Waals surface area contributed by atoms with Crippen LogP contribution in [0, 0.1) is 0 Å². The van der Waals surface area contributed by atoms with Crippen LogP contribution in [-0.4, -0.2) is 41.4 Å². The highest BCUT2D eigenvalue weighted by Crippen LogP contribution is 2.30. The Hall–Kier alpha value is -2.82. The lowest BCUT2D eigenvalue weighted by atomic mass is 9.95. The van der Waals surface area contributed by atoms with Gasteiger partial charge in [0.25, 0.3) is 0 Å². The fourth-order valence-electron chi connectivity index (χ4n) is 3.15. The minimum Gasteiger partial charge on any atom is -0.388 e. The van der Waals surface area contributed by atoms with Crippen LogP contribution in [-0.2, 0) is 10.9 Å². The largest absolute Gasteiger partial charge is 0.416 e. The first-order valence-electron chi connectivity index (χ1n) is 9.36. The van der Waals surface area contributed by atoms with E-state index in [0.29, 0.717) is 43.0 Å². The summed E-state index contributed by atoms with van der Waals surface area (Å²) in [6, 6.07) is 11.6. The Balaban J connectivity index is 1.74. The van der Waals surface area contributed by atoms with Crippen LogP contribution >= 0.6 is 0 Å². The zero-order chi connectivity index (χ0) is 21.8. The number of aliphatic hydroxyl groups is 1. The van der Waals surface area contributed by atoms with Gasteiger partial charge in [-0.25, -0.2) is 11.0 Å². The first kappa shape index (κ1) is 21.9. The van der Waals surface area contributed by atoms with Crippen LogP contribution in [0.4, 0.5) is 24.5 Å². The first-order valence-corrected chi connectivity index (χ1v) is 9.36. The van der Waals surface area contributed by atoms with Crippen LogP contribution in [0.5, 0.6) is 0 Å². The monoisotopic (exact) mass is 423 g/mol. The van der Waals surface area contributed by atoms with Crippen LogP contribution < -0.4 is 16.9 Å². The van der Waals surface area contributed by atoms with E-state index in [-0.39, 0.29) is 12.4 Å². The molecular formula is C20H24F3N5O2. The molecular weight excluding hydrogens is 399 g/mol. The van der Waals surface area contributed by atoms with Gasteiger partial charge in [-0.3, -0.25) is 0 Å². The van der Waals surface area contributed by atoms with Crippen molar-refractivity contribution in [3.05, 3.63) is 59.7 Å². The Morgan fingerprint density at radius 3 is 2.40 bits per heavy atom. The summed E-state index contributed by atoms with van der Waals surface area (Å²) in [5, 5.41) is 18.8. The molecule has 0 spiro atoms. The minimum atomic E-state index is -4.40. The van der Waals surface area contributed by atoms with Gasteiger partial charge in [-0.1, -0.05) is 12.1 Å². The van der Waals surface area contributed by atoms with E-state index in [1.807, 2.05) is 0 Å². The molecule has 0 aromatic heterocycles. The van der Waals surface area contributed by atoms with E-state index >= 15 is 0 Å². The quantitative estimate of drug-likeness (QED) is 0.246. The van der Waals surface area contributed by atoms with Gasteiger partial charge in [0, 0.05) is 43.0 Å². The Morgan fingerprint density at radius 2 is 1.77 bits per heavy atom. The fraction of sp³-hybridized carbons (Fsp3) is 0.350. The standard InChI is InChI=1S/C20H24F3N5O2/c21-20(22,23)14-5-7-15(8-6-14)26-17-4-2-1-3-16(17)18(24)27-28(25)13-19(29)9-11-30-12-10-19/h1-8,26,29H,9-13,25H2,(H2,24,27). The van der Waals surface area contributed by atoms with Crippen molar-refractivity contribution in [3.8, 4) is 0 Å². The third-order valence-electron chi connectivity index (χ3n) is 4.81. The molecule has 0 bridgehead atoms. The predicted molar refractivity (Wildman–Crippen MR) is 108 cm³/mol. The molecule has 10 heteroatoms. The maximum absolute atomic E-state index is 12.7. The number of para-hydroxylation sites is 1. The summed E-state index contributed by atoms with van der Waals surface area (Å²) < 4.78 is 43.5. The molecule has 0 unspecified atom stereocenters. The van der Waals surface area contributed by atoms with Gasteiger partial charge in [-0.05, 0) is 36.4 Å². The van der Waals surface area contributed by atoms with Gasteiger partial charge in [0.05, 0.1) is 17.7 Å². The summed E-state index contributed by atoms with van der Waals surface area (Å²) in [6.07, 6.45) is -3.50. The number of nitrogens with two attached hydrogens (primary N) is 2. The van der Waals surface area contributed by atoms with Gasteiger partial charge in [0.15, 0.2) is 5.84 Å². The molecule has 162 valence electrons. The number of hydrogen-bond donors (Lipinski definition) is 4. The van der Waals surface area contributed by atoms with E-state index in [2.05, 4.69) is 10.4 Å². The predicted octanol–water partition coefficient (Wildman–Crippen LogP) is 2.79. The topological polar surface area (TPSA) is 109 Å². The molecule has 3 rings (SSSR count). The van der Waals surface area contributed by atoms with Crippen molar-refractivity contribution in [3.63, 3.8) is 0 Å². The number of hydrazine groups is 1. The van der Waals surface area contributed by atoms with Crippen LogP contribution in [0.15, 0.2) is 53.6 Å². The zero-order valence-corrected chi connectivity index (χ0v) is 16.2. The Labute approximate surface area is 172 Å². The normalized spacial score (nSPS) is 16.9. The van der Waals surface area contributed by atoms with E-state index in [0.717, 1.165) is 17.3 Å². The van der Waals surface area contributed by atoms with Crippen molar-refractivity contribution in [1.82, 2.24) is 5.12 Å². The number of ether oxygens (including phenoxy) is 1. The van der Waals surface area contributed by atoms with Crippen molar-refractivity contribution in [2.45, 2.75) is 24.6 Å². The number of alkyl halides is 3. The number of nitrogens with zero attached hydrogens (tertiary/aromatic N) is 2. The lowest BCUT2D eigenvalue weighted by Gasteiger charge is -2.34. The van der Waals surface area contributed by atoms with Gasteiger partial charge < -0.3 is 20.9 Å². The van der Waals surface area contributed by atoms with Crippen LogP contribution in [0.3, 0.4) is 0 Å². The number of benzene rings is 2. The highest BCUT2D eigenvalue weighted by atomic mass is 19.4. The molecule has 1 aliphatic rings. The SMILES string of the molecule is N/C(=N\N(N)CC1(O)CCOCC1)c1ccccc1Nc1ccc(C(F)(F)F)cc1. The molecule has 30 heavy (non-hydrogen) atoms. The molecule has 1 heterocycles. The summed E-state index contributed by atoms with van der Waals surface area (Å²) >= 11 is 0. The van der Waals surface area contributed by atoms with Crippen molar-refractivity contribution >= 4 is 17.2 Å². The van der Waals surface area contributed by atoms with Gasteiger partial charge >= 0.3 is 6.18 Å². The van der Waals surface area contributed by atoms with E-state index in [9.17, 15) is 18.3 Å². The van der Waals surface area contributed by atoms with Gasteiger partial charge in [0.2, 0.25) is 0 Å². The highest BCUT2D eigenvalue weighted by Gasteiger charge is 2.32. The Bertz CT molecular complexity index is 881. The molecule has 1 saturated heterocycles. The number of amidine groups is 1. The number of rotatable bonds is 6. The summed E-state index contributed by atoms with van der Waals surface area (Å²) in [5.41, 5.74) is 5.91. The highest BCUT2D eigenvalue weighted by molar-refractivity contribution is 6.02. The third kappa shape index (κ3) is 5.62. The van der Waals surface area contributed by atoms with Crippen molar-refractivity contribution in [2.24, 2.45) is 16.7 Å². The average Bonchev–Trinajstić information content (AvgIpc) is 2.68. The Morgan fingerprint density at radius 1 is 1.13 bits per heavy atom. The molecule has 1 fully saturated rings. The second-order valence-electron chi connectivity index (χ2n) is 7.17. The van der Waals surface area contributed by atoms with E-state index in [1.54, 1.807) is 24.3 Å². The zero-order valence-electron chi connectivity index (χ0n) is 16.2. The number of nitrogens with one attached hydrogen (secondary N) is 1. The first-order chi connectivity index (χ1) is 14.2. The molecule has 0 radical (unpaired) electrons. The number of hydrogen-bond acceptors (Lipinski definition) is 6. The van der Waals surface area contributed by atoms with Crippen molar-refractivity contribution in [2.75, 3.05) is 25.1 Å². The van der Waals surface area contributed by atoms with Crippen molar-refractivity contribution < 1.29 is 23.0 Å². The second kappa shape index (κ2) is 8.90. The summed E-state index contributed by atoms with van der Waals surface area (Å²) in [5.74, 6) is 6.03. The smallest absolute Gasteiger partial charge is 0.388 e. The lowest BCUT2D eigenvalue weighted by Crippen LogP contribution is -2.48. The van der Waals surface area contributed by atoms with Crippen LogP contribution in [0.2, 0.25) is 0 Å². The minimum absolute atomic E-state index is 0.0888. The molecule has 0 aliphatic carbocycles. The molecule has 0 amide bonds. The van der Waals surface area contributed by atoms with Gasteiger partial charge in [-0.15, -0.1) is 5.10 Å². The van der Waals surface area contributed by atoms with Crippen LogP contribution in [0.1, 0.15) is 24.0 Å². The maximum Gasteiger partial charge on any atom is 0.416 e. The van der Waals surface area contributed by atoms with Gasteiger partial charge in [-0.2, -0.15) is 13.2 Å². The average molecular weight is 423 g/mol. The fourth-order valence-corrected chi connectivity index (χ4v) is 3.15. The van der Waals surface area contributed by atoms with Crippen LogP contribution in [0.25, 0.3) is 0 Å². The Kier molecular flexibility index (Phi) is 6.49. The maximum atomic E-state index is 12.7. The van der Waals surface area contributed by atoms with E-state index in [4.69, 9.17) is 16.3 Å². The van der Waals surface area contributed by atoms with Crippen molar-refractivity contribution in [1.29, 1.82) is 0 Å². The summed E-state index contributed by atoms with van der Waals surface area (Å²) in [6.45, 7) is 0.985. The lowest BCUT2D eigenvalue weighted by molar-refractivity contribution is -0.137. The number of halogens is 3. The molecule has 0 saturated carbocycles. The summed E-state index contributed by atoms with van der Waals surface area (Å²) in [7, 11) is 0. The molecule has 2 aromatic rings. The van der Waals surface area contributed by atoms with Gasteiger partial charge in [0.1, 0.15) is 0 Å². The van der Waals surface area contributed by atoms with E-state index in [1.165, 1.54) is 12.1 Å². The summed E-state index contributed by atoms with van der Waals surface area (Å²) in [4.78, 5) is 0. The second-order valence-corrected chi connectivity index (χ2v) is 7.17. The molecule has 7 nitrogen and oxygen atoms in total. The molecule has 0 atom stereocenters. The van der Waals surface area contributed by atoms with E-state index < -0.39 is 17.3 Å².